The summed E-state index contributed by atoms with van der Waals surface area (Å²) in [5.74, 6) is -1.05. The second-order valence-corrected chi connectivity index (χ2v) is 5.37. The Labute approximate surface area is 114 Å². The largest absolute Gasteiger partial charge is 0.481 e. The molecule has 0 bridgehead atoms. The number of carbonyl (C=O) groups excluding carboxylic acids is 1. The van der Waals surface area contributed by atoms with Gasteiger partial charge in [0.15, 0.2) is 0 Å². The standard InChI is InChI=1S/C14H25NO4/c1-2-3-6-9-19-11-12(16)15-14(10-13(17)18)7-4-5-8-14/h2-11H2,1H3,(H,15,16)(H,17,18). The molecule has 0 radical (unpaired) electrons. The monoisotopic (exact) mass is 271 g/mol. The lowest BCUT2D eigenvalue weighted by Crippen LogP contribution is -2.49. The number of rotatable bonds is 9. The summed E-state index contributed by atoms with van der Waals surface area (Å²) in [6, 6.07) is 0. The molecule has 0 aliphatic heterocycles. The van der Waals surface area contributed by atoms with E-state index in [-0.39, 0.29) is 18.9 Å². The lowest BCUT2D eigenvalue weighted by Gasteiger charge is -2.28. The van der Waals surface area contributed by atoms with Crippen molar-refractivity contribution in [2.45, 2.75) is 63.8 Å². The number of ether oxygens (including phenoxy) is 1. The van der Waals surface area contributed by atoms with Gasteiger partial charge < -0.3 is 15.2 Å². The van der Waals surface area contributed by atoms with Crippen molar-refractivity contribution in [3.05, 3.63) is 0 Å². The van der Waals surface area contributed by atoms with Crippen LogP contribution in [0.25, 0.3) is 0 Å². The molecule has 0 aromatic rings. The van der Waals surface area contributed by atoms with Gasteiger partial charge in [-0.05, 0) is 19.3 Å². The second kappa shape index (κ2) is 8.15. The highest BCUT2D eigenvalue weighted by molar-refractivity contribution is 5.79. The van der Waals surface area contributed by atoms with E-state index in [1.54, 1.807) is 0 Å². The van der Waals surface area contributed by atoms with Gasteiger partial charge in [0.05, 0.1) is 12.0 Å². The summed E-state index contributed by atoms with van der Waals surface area (Å²) in [7, 11) is 0. The van der Waals surface area contributed by atoms with Gasteiger partial charge >= 0.3 is 5.97 Å². The number of aliphatic carboxylic acids is 1. The summed E-state index contributed by atoms with van der Waals surface area (Å²) in [5, 5.41) is 11.8. The van der Waals surface area contributed by atoms with E-state index in [0.29, 0.717) is 6.61 Å². The molecule has 110 valence electrons. The first-order valence-corrected chi connectivity index (χ1v) is 7.18. The van der Waals surface area contributed by atoms with E-state index >= 15 is 0 Å². The Kier molecular flexibility index (Phi) is 6.84. The molecular weight excluding hydrogens is 246 g/mol. The summed E-state index contributed by atoms with van der Waals surface area (Å²) in [4.78, 5) is 22.7. The minimum absolute atomic E-state index is 0.00851. The zero-order valence-electron chi connectivity index (χ0n) is 11.7. The highest BCUT2D eigenvalue weighted by Crippen LogP contribution is 2.32. The van der Waals surface area contributed by atoms with Crippen LogP contribution in [0.2, 0.25) is 0 Å². The van der Waals surface area contributed by atoms with Crippen molar-refractivity contribution in [2.75, 3.05) is 13.2 Å². The molecule has 1 rings (SSSR count). The van der Waals surface area contributed by atoms with Crippen LogP contribution in [0.4, 0.5) is 0 Å². The van der Waals surface area contributed by atoms with Gasteiger partial charge in [0.1, 0.15) is 6.61 Å². The summed E-state index contributed by atoms with van der Waals surface area (Å²) >= 11 is 0. The molecular formula is C14H25NO4. The zero-order chi connectivity index (χ0) is 14.1. The Hall–Kier alpha value is -1.10. The minimum Gasteiger partial charge on any atom is -0.481 e. The van der Waals surface area contributed by atoms with E-state index in [1.807, 2.05) is 0 Å². The van der Waals surface area contributed by atoms with Crippen LogP contribution >= 0.6 is 0 Å². The molecule has 1 fully saturated rings. The fourth-order valence-electron chi connectivity index (χ4n) is 2.64. The van der Waals surface area contributed by atoms with Gasteiger partial charge in [0, 0.05) is 6.61 Å². The zero-order valence-corrected chi connectivity index (χ0v) is 11.7. The van der Waals surface area contributed by atoms with Gasteiger partial charge in [-0.25, -0.2) is 0 Å². The number of hydrogen-bond donors (Lipinski definition) is 2. The van der Waals surface area contributed by atoms with Crippen molar-refractivity contribution in [3.63, 3.8) is 0 Å². The topological polar surface area (TPSA) is 75.6 Å². The molecule has 0 heterocycles. The summed E-state index contributed by atoms with van der Waals surface area (Å²) in [5.41, 5.74) is -0.546. The van der Waals surface area contributed by atoms with Crippen molar-refractivity contribution in [1.29, 1.82) is 0 Å². The molecule has 0 saturated heterocycles. The SMILES string of the molecule is CCCCCOCC(=O)NC1(CC(=O)O)CCCC1. The Morgan fingerprint density at radius 1 is 1.26 bits per heavy atom. The molecule has 5 heteroatoms. The number of unbranched alkanes of at least 4 members (excludes halogenated alkanes) is 2. The molecule has 1 aliphatic carbocycles. The van der Waals surface area contributed by atoms with E-state index in [1.165, 1.54) is 0 Å². The Morgan fingerprint density at radius 2 is 1.95 bits per heavy atom. The molecule has 1 saturated carbocycles. The van der Waals surface area contributed by atoms with Gasteiger partial charge in [0.25, 0.3) is 0 Å². The number of carbonyl (C=O) groups is 2. The van der Waals surface area contributed by atoms with E-state index in [0.717, 1.165) is 44.9 Å². The number of carboxylic acids is 1. The van der Waals surface area contributed by atoms with E-state index in [4.69, 9.17) is 9.84 Å². The fourth-order valence-corrected chi connectivity index (χ4v) is 2.64. The number of amides is 1. The lowest BCUT2D eigenvalue weighted by atomic mass is 9.93. The third kappa shape index (κ3) is 6.05. The Bertz CT molecular complexity index is 298. The number of nitrogens with one attached hydrogen (secondary N) is 1. The van der Waals surface area contributed by atoms with Crippen molar-refractivity contribution in [1.82, 2.24) is 5.32 Å². The van der Waals surface area contributed by atoms with Crippen molar-refractivity contribution < 1.29 is 19.4 Å². The first-order chi connectivity index (χ1) is 9.08. The molecule has 2 N–H and O–H groups in total. The smallest absolute Gasteiger partial charge is 0.305 e. The predicted molar refractivity (Wildman–Crippen MR) is 71.9 cm³/mol. The number of hydrogen-bond acceptors (Lipinski definition) is 3. The third-order valence-corrected chi connectivity index (χ3v) is 3.58. The normalized spacial score (nSPS) is 17.3. The minimum atomic E-state index is -0.855. The van der Waals surface area contributed by atoms with Crippen LogP contribution in [0.3, 0.4) is 0 Å². The van der Waals surface area contributed by atoms with Crippen LogP contribution in [0.5, 0.6) is 0 Å². The molecule has 0 unspecified atom stereocenters. The third-order valence-electron chi connectivity index (χ3n) is 3.58. The van der Waals surface area contributed by atoms with Gasteiger partial charge in [-0.3, -0.25) is 9.59 Å². The molecule has 0 aromatic carbocycles. The maximum Gasteiger partial charge on any atom is 0.305 e. The van der Waals surface area contributed by atoms with E-state index < -0.39 is 11.5 Å². The van der Waals surface area contributed by atoms with E-state index in [9.17, 15) is 9.59 Å². The highest BCUT2D eigenvalue weighted by atomic mass is 16.5. The molecule has 0 atom stereocenters. The summed E-state index contributed by atoms with van der Waals surface area (Å²) in [6.07, 6.45) is 6.65. The Balaban J connectivity index is 2.29. The van der Waals surface area contributed by atoms with Gasteiger partial charge in [0.2, 0.25) is 5.91 Å². The van der Waals surface area contributed by atoms with Crippen molar-refractivity contribution in [2.24, 2.45) is 0 Å². The van der Waals surface area contributed by atoms with Crippen LogP contribution in [0.1, 0.15) is 58.3 Å². The molecule has 1 amide bonds. The van der Waals surface area contributed by atoms with E-state index in [2.05, 4.69) is 12.2 Å². The fraction of sp³-hybridized carbons (Fsp3) is 0.857. The van der Waals surface area contributed by atoms with Crippen molar-refractivity contribution in [3.8, 4) is 0 Å². The van der Waals surface area contributed by atoms with Gasteiger partial charge in [-0.15, -0.1) is 0 Å². The summed E-state index contributed by atoms with van der Waals surface area (Å²) in [6.45, 7) is 2.74. The summed E-state index contributed by atoms with van der Waals surface area (Å²) < 4.78 is 5.30. The molecule has 0 aromatic heterocycles. The second-order valence-electron chi connectivity index (χ2n) is 5.37. The van der Waals surface area contributed by atoms with Crippen LogP contribution < -0.4 is 5.32 Å². The number of carboxylic acid groups (broad SMARTS) is 1. The maximum atomic E-state index is 11.8. The van der Waals surface area contributed by atoms with Crippen LogP contribution in [0, 0.1) is 0 Å². The van der Waals surface area contributed by atoms with Crippen molar-refractivity contribution >= 4 is 11.9 Å². The molecule has 1 aliphatic rings. The molecule has 5 nitrogen and oxygen atoms in total. The van der Waals surface area contributed by atoms with Gasteiger partial charge in [-0.2, -0.15) is 0 Å². The first-order valence-electron chi connectivity index (χ1n) is 7.18. The Morgan fingerprint density at radius 3 is 2.53 bits per heavy atom. The maximum absolute atomic E-state index is 11.8. The first kappa shape index (κ1) is 16.0. The highest BCUT2D eigenvalue weighted by Gasteiger charge is 2.37. The van der Waals surface area contributed by atoms with Crippen LogP contribution in [0.15, 0.2) is 0 Å². The molecule has 0 spiro atoms. The lowest BCUT2D eigenvalue weighted by molar-refractivity contribution is -0.139. The average Bonchev–Trinajstić information content (AvgIpc) is 2.76. The molecule has 19 heavy (non-hydrogen) atoms. The van der Waals surface area contributed by atoms with Gasteiger partial charge in [-0.1, -0.05) is 32.6 Å². The average molecular weight is 271 g/mol. The van der Waals surface area contributed by atoms with Crippen LogP contribution in [-0.4, -0.2) is 35.7 Å². The quantitative estimate of drug-likeness (QED) is 0.630. The van der Waals surface area contributed by atoms with Crippen LogP contribution in [-0.2, 0) is 14.3 Å². The predicted octanol–water partition coefficient (Wildman–Crippen LogP) is 2.10.